The van der Waals surface area contributed by atoms with Gasteiger partial charge in [0.2, 0.25) is 0 Å². The van der Waals surface area contributed by atoms with Crippen LogP contribution in [0.15, 0.2) is 23.2 Å². The highest BCUT2D eigenvalue weighted by molar-refractivity contribution is 7.15. The van der Waals surface area contributed by atoms with E-state index in [9.17, 15) is 13.6 Å². The maximum Gasteiger partial charge on any atom is 0.309 e. The topological polar surface area (TPSA) is 69.4 Å². The third-order valence-electron chi connectivity index (χ3n) is 6.57. The average Bonchev–Trinajstić information content (AvgIpc) is 3.26. The van der Waals surface area contributed by atoms with Crippen LogP contribution in [-0.4, -0.2) is 33.1 Å². The number of benzene rings is 1. The van der Waals surface area contributed by atoms with E-state index in [-0.39, 0.29) is 23.2 Å². The van der Waals surface area contributed by atoms with Crippen LogP contribution in [0.3, 0.4) is 0 Å². The van der Waals surface area contributed by atoms with Crippen LogP contribution in [0.25, 0.3) is 5.00 Å². The number of ether oxygens (including phenoxy) is 1. The summed E-state index contributed by atoms with van der Waals surface area (Å²) in [6.07, 6.45) is 3.10. The molecule has 1 fully saturated rings. The summed E-state index contributed by atoms with van der Waals surface area (Å²) in [7, 11) is 0. The van der Waals surface area contributed by atoms with Gasteiger partial charge < -0.3 is 4.74 Å². The summed E-state index contributed by atoms with van der Waals surface area (Å²) in [6, 6.07) is 3.42. The molecule has 1 aliphatic heterocycles. The van der Waals surface area contributed by atoms with Crippen LogP contribution in [0.2, 0.25) is 0 Å². The lowest BCUT2D eigenvalue weighted by atomic mass is 9.97. The van der Waals surface area contributed by atoms with Crippen LogP contribution >= 0.6 is 11.3 Å². The fourth-order valence-corrected chi connectivity index (χ4v) is 6.30. The number of carbonyl (C=O) groups is 1. The molecule has 9 heteroatoms. The zero-order valence-corrected chi connectivity index (χ0v) is 19.1. The van der Waals surface area contributed by atoms with E-state index in [1.807, 2.05) is 6.92 Å². The van der Waals surface area contributed by atoms with Crippen molar-refractivity contribution in [2.75, 3.05) is 6.61 Å². The van der Waals surface area contributed by atoms with Crippen LogP contribution in [0, 0.1) is 17.6 Å². The third kappa shape index (κ3) is 3.16. The molecule has 33 heavy (non-hydrogen) atoms. The van der Waals surface area contributed by atoms with Crippen LogP contribution in [0.5, 0.6) is 0 Å². The first-order valence-corrected chi connectivity index (χ1v) is 12.1. The Morgan fingerprint density at radius 3 is 2.58 bits per heavy atom. The number of thiophene rings is 1. The van der Waals surface area contributed by atoms with Gasteiger partial charge in [-0.1, -0.05) is 6.07 Å². The molecule has 0 bridgehead atoms. The Hall–Kier alpha value is -2.94. The quantitative estimate of drug-likeness (QED) is 0.522. The van der Waals surface area contributed by atoms with Crippen molar-refractivity contribution in [1.82, 2.24) is 14.8 Å². The Labute approximate surface area is 193 Å². The second-order valence-corrected chi connectivity index (χ2v) is 9.90. The minimum absolute atomic E-state index is 0.141. The first-order valence-electron chi connectivity index (χ1n) is 11.3. The van der Waals surface area contributed by atoms with E-state index in [1.165, 1.54) is 18.2 Å². The maximum atomic E-state index is 15.0. The summed E-state index contributed by atoms with van der Waals surface area (Å²) in [5.41, 5.74) is 1.75. The van der Waals surface area contributed by atoms with Gasteiger partial charge in [0.1, 0.15) is 28.5 Å². The van der Waals surface area contributed by atoms with E-state index in [1.54, 1.807) is 18.3 Å². The molecule has 2 atom stereocenters. The van der Waals surface area contributed by atoms with E-state index in [0.29, 0.717) is 36.8 Å². The fourth-order valence-electron chi connectivity index (χ4n) is 4.87. The Morgan fingerprint density at radius 1 is 1.15 bits per heavy atom. The van der Waals surface area contributed by atoms with E-state index in [0.717, 1.165) is 34.1 Å². The minimum Gasteiger partial charge on any atom is -0.466 e. The molecular weight excluding hydrogens is 446 g/mol. The van der Waals surface area contributed by atoms with Gasteiger partial charge in [-0.3, -0.25) is 14.4 Å². The van der Waals surface area contributed by atoms with Crippen molar-refractivity contribution in [1.29, 1.82) is 0 Å². The largest absolute Gasteiger partial charge is 0.466 e. The van der Waals surface area contributed by atoms with Crippen molar-refractivity contribution in [3.8, 4) is 5.00 Å². The zero-order chi connectivity index (χ0) is 22.9. The Balaban J connectivity index is 1.58. The zero-order valence-electron chi connectivity index (χ0n) is 18.3. The molecule has 3 aromatic rings. The summed E-state index contributed by atoms with van der Waals surface area (Å²) < 4.78 is 37.3. The van der Waals surface area contributed by atoms with Gasteiger partial charge in [-0.2, -0.15) is 0 Å². The molecule has 0 spiro atoms. The normalized spacial score (nSPS) is 21.2. The number of aromatic nitrogens is 3. The number of fused-ring (bicyclic) bond motifs is 5. The summed E-state index contributed by atoms with van der Waals surface area (Å²) in [4.78, 5) is 18.3. The van der Waals surface area contributed by atoms with Crippen LogP contribution in [0.1, 0.15) is 71.9 Å². The van der Waals surface area contributed by atoms with Crippen molar-refractivity contribution >= 4 is 23.0 Å². The number of hydrogen-bond donors (Lipinski definition) is 0. The van der Waals surface area contributed by atoms with Crippen LogP contribution in [0.4, 0.5) is 8.78 Å². The molecule has 3 aliphatic rings. The van der Waals surface area contributed by atoms with Crippen molar-refractivity contribution < 1.29 is 18.3 Å². The lowest BCUT2D eigenvalue weighted by Crippen LogP contribution is -2.19. The smallest absolute Gasteiger partial charge is 0.309 e. The summed E-state index contributed by atoms with van der Waals surface area (Å²) >= 11 is 1.55. The predicted molar refractivity (Wildman–Crippen MR) is 119 cm³/mol. The molecule has 2 aromatic heterocycles. The number of hydrogen-bond acceptors (Lipinski definition) is 6. The Bertz CT molecular complexity index is 1300. The van der Waals surface area contributed by atoms with Crippen molar-refractivity contribution in [3.63, 3.8) is 0 Å². The van der Waals surface area contributed by atoms with E-state index < -0.39 is 17.7 Å². The number of esters is 1. The number of rotatable bonds is 4. The number of carbonyl (C=O) groups excluding carboxylic acids is 1. The van der Waals surface area contributed by atoms with Crippen LogP contribution < -0.4 is 0 Å². The summed E-state index contributed by atoms with van der Waals surface area (Å²) in [5.74, 6) is 0.0289. The van der Waals surface area contributed by atoms with Gasteiger partial charge in [0.25, 0.3) is 0 Å². The van der Waals surface area contributed by atoms with Gasteiger partial charge in [-0.25, -0.2) is 8.78 Å². The highest BCUT2D eigenvalue weighted by Crippen LogP contribution is 2.47. The van der Waals surface area contributed by atoms with Gasteiger partial charge in [0.05, 0.1) is 23.8 Å². The molecule has 1 aromatic carbocycles. The number of halogens is 2. The predicted octanol–water partition coefficient (Wildman–Crippen LogP) is 4.67. The number of nitrogens with zero attached hydrogens (tertiary/aromatic N) is 4. The molecule has 3 heterocycles. The highest BCUT2D eigenvalue weighted by Gasteiger charge is 2.41. The second kappa shape index (κ2) is 7.55. The van der Waals surface area contributed by atoms with Crippen molar-refractivity contribution in [2.24, 2.45) is 10.9 Å². The molecule has 6 rings (SSSR count). The monoisotopic (exact) mass is 468 g/mol. The van der Waals surface area contributed by atoms with Gasteiger partial charge >= 0.3 is 5.97 Å². The van der Waals surface area contributed by atoms with Crippen molar-refractivity contribution in [2.45, 2.75) is 51.5 Å². The molecule has 0 N–H and O–H groups in total. The summed E-state index contributed by atoms with van der Waals surface area (Å²) in [6.45, 7) is 3.98. The van der Waals surface area contributed by atoms with Gasteiger partial charge in [0, 0.05) is 16.4 Å². The molecule has 1 saturated carbocycles. The van der Waals surface area contributed by atoms with E-state index >= 15 is 0 Å². The lowest BCUT2D eigenvalue weighted by Gasteiger charge is -2.13. The van der Waals surface area contributed by atoms with E-state index in [4.69, 9.17) is 9.73 Å². The molecule has 0 amide bonds. The maximum absolute atomic E-state index is 15.0. The lowest BCUT2D eigenvalue weighted by molar-refractivity contribution is -0.147. The average molecular weight is 469 g/mol. The van der Waals surface area contributed by atoms with Gasteiger partial charge in [-0.05, 0) is 57.2 Å². The van der Waals surface area contributed by atoms with E-state index in [2.05, 4.69) is 14.8 Å². The molecule has 170 valence electrons. The molecule has 2 aliphatic carbocycles. The third-order valence-corrected chi connectivity index (χ3v) is 7.81. The van der Waals surface area contributed by atoms with Gasteiger partial charge in [-0.15, -0.1) is 21.5 Å². The highest BCUT2D eigenvalue weighted by atomic mass is 32.1. The SMILES string of the molecule is CCOC(=O)C1Cc2sc3c(c2C1)C(c1c(F)cccc1F)=N[C@@H](C)c1nnc(C2CC2)n1-3. The first kappa shape index (κ1) is 20.7. The molecular formula is C24H22F2N4O2S. The Morgan fingerprint density at radius 2 is 1.88 bits per heavy atom. The summed E-state index contributed by atoms with van der Waals surface area (Å²) in [5, 5.41) is 9.74. The first-order chi connectivity index (χ1) is 16.0. The van der Waals surface area contributed by atoms with Crippen molar-refractivity contribution in [3.05, 3.63) is 63.0 Å². The number of aliphatic imine (C=N–C) groups is 1. The van der Waals surface area contributed by atoms with Gasteiger partial charge in [0.15, 0.2) is 5.82 Å². The molecule has 0 radical (unpaired) electrons. The fraction of sp³-hybridized carbons (Fsp3) is 0.417. The standard InChI is InChI=1S/C24H22F2N4O2S/c1-3-32-24(31)13-9-14-17(10-13)33-23-18(14)20(19-15(25)5-4-6-16(19)26)27-11(2)21-28-29-22(30(21)23)12-7-8-12/h4-6,11-13H,3,7-10H2,1-2H3/t11-,13?/m0/s1. The molecule has 1 unspecified atom stereocenters. The molecule has 0 saturated heterocycles. The second-order valence-electron chi connectivity index (χ2n) is 8.82. The molecule has 6 nitrogen and oxygen atoms in total. The minimum atomic E-state index is -0.660. The Kier molecular flexibility index (Phi) is 4.72. The van der Waals surface area contributed by atoms with Crippen LogP contribution in [-0.2, 0) is 22.4 Å².